The quantitative estimate of drug-likeness (QED) is 0.337. The van der Waals surface area contributed by atoms with Gasteiger partial charge in [-0.3, -0.25) is 9.59 Å². The highest BCUT2D eigenvalue weighted by molar-refractivity contribution is 6.11. The van der Waals surface area contributed by atoms with Crippen molar-refractivity contribution in [1.82, 2.24) is 0 Å². The lowest BCUT2D eigenvalue weighted by Crippen LogP contribution is -2.31. The number of benzene rings is 4. The summed E-state index contributed by atoms with van der Waals surface area (Å²) >= 11 is 0. The summed E-state index contributed by atoms with van der Waals surface area (Å²) in [5.41, 5.74) is 4.09. The first-order chi connectivity index (χ1) is 16.9. The first kappa shape index (κ1) is 24.0. The van der Waals surface area contributed by atoms with Gasteiger partial charge in [-0.15, -0.1) is 0 Å². The monoisotopic (exact) mass is 466 g/mol. The number of fused-ring (bicyclic) bond motifs is 1. The van der Waals surface area contributed by atoms with Crippen molar-refractivity contribution in [3.05, 3.63) is 102 Å². The molecule has 5 nitrogen and oxygen atoms in total. The summed E-state index contributed by atoms with van der Waals surface area (Å²) in [6.07, 6.45) is -0.668. The number of aryl methyl sites for hydroxylation is 2. The van der Waals surface area contributed by atoms with Gasteiger partial charge in [-0.2, -0.15) is 0 Å². The van der Waals surface area contributed by atoms with E-state index in [0.717, 1.165) is 27.6 Å². The highest BCUT2D eigenvalue weighted by Gasteiger charge is 2.19. The van der Waals surface area contributed by atoms with Crippen LogP contribution in [0, 0.1) is 13.8 Å². The largest absolute Gasteiger partial charge is 0.481 e. The lowest BCUT2D eigenvalue weighted by atomic mass is 10.1. The molecule has 0 aliphatic carbocycles. The van der Waals surface area contributed by atoms with Crippen molar-refractivity contribution in [2.24, 2.45) is 0 Å². The highest BCUT2D eigenvalue weighted by Crippen LogP contribution is 2.28. The number of nitrogens with one attached hydrogen (secondary N) is 1. The molecule has 0 bridgehead atoms. The molecular formula is C30H30N2O3. The number of nitrogens with zero attached hydrogens (tertiary/aromatic N) is 1. The van der Waals surface area contributed by atoms with E-state index in [1.54, 1.807) is 36.1 Å². The summed E-state index contributed by atoms with van der Waals surface area (Å²) in [7, 11) is 0. The SMILES string of the molecule is CCN(C(=O)c1ccc(NC(=O)C(C)Oc2cc(C)ccc2C)cc1)c1cccc2ccccc12. The second-order valence-electron chi connectivity index (χ2n) is 8.64. The van der Waals surface area contributed by atoms with Crippen LogP contribution < -0.4 is 15.0 Å². The molecule has 0 spiro atoms. The fraction of sp³-hybridized carbons (Fsp3) is 0.200. The zero-order chi connectivity index (χ0) is 24.9. The molecule has 0 heterocycles. The molecule has 1 N–H and O–H groups in total. The third kappa shape index (κ3) is 5.35. The van der Waals surface area contributed by atoms with Gasteiger partial charge in [0.25, 0.3) is 11.8 Å². The van der Waals surface area contributed by atoms with E-state index in [1.165, 1.54) is 0 Å². The van der Waals surface area contributed by atoms with Crippen LogP contribution in [0.2, 0.25) is 0 Å². The number of rotatable bonds is 7. The lowest BCUT2D eigenvalue weighted by molar-refractivity contribution is -0.122. The number of amides is 2. The Morgan fingerprint density at radius 1 is 0.914 bits per heavy atom. The predicted octanol–water partition coefficient (Wildman–Crippen LogP) is 6.53. The first-order valence-corrected chi connectivity index (χ1v) is 11.8. The normalized spacial score (nSPS) is 11.7. The number of carbonyl (C=O) groups excluding carboxylic acids is 2. The fourth-order valence-electron chi connectivity index (χ4n) is 4.04. The number of carbonyl (C=O) groups is 2. The van der Waals surface area contributed by atoms with E-state index in [9.17, 15) is 9.59 Å². The third-order valence-electron chi connectivity index (χ3n) is 6.03. The molecule has 0 radical (unpaired) electrons. The summed E-state index contributed by atoms with van der Waals surface area (Å²) < 4.78 is 5.88. The van der Waals surface area contributed by atoms with Gasteiger partial charge in [-0.1, -0.05) is 48.5 Å². The zero-order valence-corrected chi connectivity index (χ0v) is 20.5. The van der Waals surface area contributed by atoms with E-state index in [4.69, 9.17) is 4.74 Å². The van der Waals surface area contributed by atoms with Crippen molar-refractivity contribution in [3.8, 4) is 5.75 Å². The Balaban J connectivity index is 1.46. The van der Waals surface area contributed by atoms with Crippen LogP contribution in [0.1, 0.15) is 35.3 Å². The summed E-state index contributed by atoms with van der Waals surface area (Å²) in [6.45, 7) is 8.16. The first-order valence-electron chi connectivity index (χ1n) is 11.8. The van der Waals surface area contributed by atoms with E-state index >= 15 is 0 Å². The molecular weight excluding hydrogens is 436 g/mol. The van der Waals surface area contributed by atoms with Gasteiger partial charge >= 0.3 is 0 Å². The molecule has 1 atom stereocenters. The van der Waals surface area contributed by atoms with Gasteiger partial charge in [0.05, 0.1) is 5.69 Å². The fourth-order valence-corrected chi connectivity index (χ4v) is 4.04. The summed E-state index contributed by atoms with van der Waals surface area (Å²) in [5, 5.41) is 5.00. The van der Waals surface area contributed by atoms with Crippen LogP contribution >= 0.6 is 0 Å². The number of hydrogen-bond acceptors (Lipinski definition) is 3. The van der Waals surface area contributed by atoms with Crippen LogP contribution in [0.3, 0.4) is 0 Å². The van der Waals surface area contributed by atoms with Gasteiger partial charge in [-0.05, 0) is 80.6 Å². The molecule has 0 aliphatic heterocycles. The maximum absolute atomic E-state index is 13.3. The number of hydrogen-bond donors (Lipinski definition) is 1. The molecule has 1 unspecified atom stereocenters. The van der Waals surface area contributed by atoms with Crippen molar-refractivity contribution in [3.63, 3.8) is 0 Å². The van der Waals surface area contributed by atoms with Gasteiger partial charge in [0.15, 0.2) is 6.10 Å². The maximum Gasteiger partial charge on any atom is 0.265 e. The molecule has 178 valence electrons. The second kappa shape index (κ2) is 10.4. The molecule has 2 amide bonds. The Bertz CT molecular complexity index is 1360. The number of ether oxygens (including phenoxy) is 1. The second-order valence-corrected chi connectivity index (χ2v) is 8.64. The third-order valence-corrected chi connectivity index (χ3v) is 6.03. The molecule has 5 heteroatoms. The minimum Gasteiger partial charge on any atom is -0.481 e. The van der Waals surface area contributed by atoms with Crippen LogP contribution in [0.25, 0.3) is 10.8 Å². The lowest BCUT2D eigenvalue weighted by Gasteiger charge is -2.23. The van der Waals surface area contributed by atoms with Crippen molar-refractivity contribution in [2.45, 2.75) is 33.8 Å². The minimum absolute atomic E-state index is 0.0895. The van der Waals surface area contributed by atoms with E-state index < -0.39 is 6.10 Å². The minimum atomic E-state index is -0.668. The average molecular weight is 467 g/mol. The predicted molar refractivity (Wildman–Crippen MR) is 142 cm³/mol. The molecule has 0 fully saturated rings. The molecule has 4 aromatic carbocycles. The van der Waals surface area contributed by atoms with Gasteiger partial charge < -0.3 is 15.0 Å². The van der Waals surface area contributed by atoms with E-state index in [0.29, 0.717) is 23.5 Å². The van der Waals surface area contributed by atoms with Gasteiger partial charge in [-0.25, -0.2) is 0 Å². The Labute approximate surface area is 206 Å². The Kier molecular flexibility index (Phi) is 7.16. The molecule has 0 saturated heterocycles. The molecule has 0 aliphatic rings. The highest BCUT2D eigenvalue weighted by atomic mass is 16.5. The van der Waals surface area contributed by atoms with Crippen molar-refractivity contribution in [2.75, 3.05) is 16.8 Å². The van der Waals surface area contributed by atoms with Gasteiger partial charge in [0.2, 0.25) is 0 Å². The van der Waals surface area contributed by atoms with E-state index in [1.807, 2.05) is 81.4 Å². The molecule has 4 aromatic rings. The van der Waals surface area contributed by atoms with Crippen molar-refractivity contribution in [1.29, 1.82) is 0 Å². The van der Waals surface area contributed by atoms with Crippen LogP contribution in [-0.2, 0) is 4.79 Å². The average Bonchev–Trinajstić information content (AvgIpc) is 2.87. The van der Waals surface area contributed by atoms with E-state index in [-0.39, 0.29) is 11.8 Å². The van der Waals surface area contributed by atoms with E-state index in [2.05, 4.69) is 5.32 Å². The summed E-state index contributed by atoms with van der Waals surface area (Å²) in [5.74, 6) is 0.353. The molecule has 35 heavy (non-hydrogen) atoms. The smallest absolute Gasteiger partial charge is 0.265 e. The van der Waals surface area contributed by atoms with Crippen LogP contribution in [0.15, 0.2) is 84.9 Å². The zero-order valence-electron chi connectivity index (χ0n) is 20.5. The van der Waals surface area contributed by atoms with Crippen molar-refractivity contribution >= 4 is 34.0 Å². The number of anilines is 2. The molecule has 0 aromatic heterocycles. The van der Waals surface area contributed by atoms with Crippen LogP contribution in [0.4, 0.5) is 11.4 Å². The van der Waals surface area contributed by atoms with Crippen LogP contribution in [0.5, 0.6) is 5.75 Å². The Morgan fingerprint density at radius 3 is 2.37 bits per heavy atom. The molecule has 0 saturated carbocycles. The molecule has 4 rings (SSSR count). The van der Waals surface area contributed by atoms with Crippen molar-refractivity contribution < 1.29 is 14.3 Å². The Morgan fingerprint density at radius 2 is 1.63 bits per heavy atom. The standard InChI is InChI=1S/C30H30N2O3/c1-5-32(27-12-8-10-23-9-6-7-11-26(23)27)30(34)24-15-17-25(18-16-24)31-29(33)22(4)35-28-19-20(2)13-14-21(28)3/h6-19,22H,5H2,1-4H3,(H,31,33). The Hall–Kier alpha value is -4.12. The van der Waals surface area contributed by atoms with Crippen LogP contribution in [-0.4, -0.2) is 24.5 Å². The topological polar surface area (TPSA) is 58.6 Å². The summed E-state index contributed by atoms with van der Waals surface area (Å²) in [6, 6.07) is 26.9. The maximum atomic E-state index is 13.3. The van der Waals surface area contributed by atoms with Gasteiger partial charge in [0, 0.05) is 23.2 Å². The van der Waals surface area contributed by atoms with Gasteiger partial charge in [0.1, 0.15) is 5.75 Å². The summed E-state index contributed by atoms with van der Waals surface area (Å²) in [4.78, 5) is 27.8.